The summed E-state index contributed by atoms with van der Waals surface area (Å²) in [6.07, 6.45) is 0. The molecule has 1 N–H and O–H groups in total. The maximum Gasteiger partial charge on any atom is 0.258 e. The number of benzene rings is 1. The molecule has 0 fully saturated rings. The molecule has 0 atom stereocenters. The van der Waals surface area contributed by atoms with E-state index in [1.165, 1.54) is 6.07 Å². The Hall–Kier alpha value is -0.900. The Morgan fingerprint density at radius 3 is 2.65 bits per heavy atom. The van der Waals surface area contributed by atoms with E-state index in [0.717, 1.165) is 0 Å². The summed E-state index contributed by atoms with van der Waals surface area (Å²) < 4.78 is 5.21. The normalized spacial score (nSPS) is 9.82. The number of rotatable bonds is 5. The molecule has 92 valence electrons. The molecule has 0 bridgehead atoms. The molecule has 0 unspecified atom stereocenters. The van der Waals surface area contributed by atoms with Crippen molar-refractivity contribution in [2.75, 3.05) is 13.2 Å². The summed E-state index contributed by atoms with van der Waals surface area (Å²) in [4.78, 5) is 11.3. The number of carbonyl (C=O) groups is 1. The van der Waals surface area contributed by atoms with Crippen molar-refractivity contribution in [2.45, 2.75) is 0 Å². The third-order valence-corrected chi connectivity index (χ3v) is 2.61. The third kappa shape index (κ3) is 5.31. The van der Waals surface area contributed by atoms with E-state index >= 15 is 0 Å². The number of hydrogen-bond acceptors (Lipinski definition) is 2. The van der Waals surface area contributed by atoms with Crippen LogP contribution < -0.4 is 10.1 Å². The SMILES string of the molecule is C=C(Cl)CNC(=O)COc1ccc(Cl)c(Cl)c1. The number of amides is 1. The number of halogens is 3. The summed E-state index contributed by atoms with van der Waals surface area (Å²) in [5.74, 6) is 0.178. The first kappa shape index (κ1) is 14.2. The van der Waals surface area contributed by atoms with E-state index in [1.54, 1.807) is 12.1 Å². The van der Waals surface area contributed by atoms with Gasteiger partial charge in [0.05, 0.1) is 16.6 Å². The van der Waals surface area contributed by atoms with E-state index < -0.39 is 0 Å². The van der Waals surface area contributed by atoms with Crippen LogP contribution in [0.3, 0.4) is 0 Å². The van der Waals surface area contributed by atoms with E-state index in [4.69, 9.17) is 39.5 Å². The highest BCUT2D eigenvalue weighted by Gasteiger charge is 2.04. The molecule has 0 aliphatic rings. The predicted molar refractivity (Wildman–Crippen MR) is 70.0 cm³/mol. The van der Waals surface area contributed by atoms with Gasteiger partial charge in [0.25, 0.3) is 5.91 Å². The lowest BCUT2D eigenvalue weighted by atomic mass is 10.3. The van der Waals surface area contributed by atoms with Gasteiger partial charge in [-0.05, 0) is 12.1 Å². The van der Waals surface area contributed by atoms with E-state index in [9.17, 15) is 4.79 Å². The highest BCUT2D eigenvalue weighted by Crippen LogP contribution is 2.26. The van der Waals surface area contributed by atoms with Crippen molar-refractivity contribution in [3.05, 3.63) is 39.9 Å². The van der Waals surface area contributed by atoms with Gasteiger partial charge >= 0.3 is 0 Å². The van der Waals surface area contributed by atoms with Gasteiger partial charge in [0, 0.05) is 11.1 Å². The van der Waals surface area contributed by atoms with Crippen LogP contribution in [-0.4, -0.2) is 19.1 Å². The van der Waals surface area contributed by atoms with Gasteiger partial charge < -0.3 is 10.1 Å². The average Bonchev–Trinajstić information content (AvgIpc) is 2.28. The van der Waals surface area contributed by atoms with Crippen LogP contribution in [0.15, 0.2) is 29.8 Å². The Morgan fingerprint density at radius 1 is 1.35 bits per heavy atom. The van der Waals surface area contributed by atoms with Gasteiger partial charge in [0.1, 0.15) is 5.75 Å². The molecule has 0 aliphatic carbocycles. The second-order valence-electron chi connectivity index (χ2n) is 3.16. The molecule has 6 heteroatoms. The first-order valence-corrected chi connectivity index (χ1v) is 5.80. The number of nitrogens with one attached hydrogen (secondary N) is 1. The molecule has 1 aromatic rings. The molecule has 17 heavy (non-hydrogen) atoms. The zero-order chi connectivity index (χ0) is 12.8. The molecule has 0 saturated heterocycles. The summed E-state index contributed by atoms with van der Waals surface area (Å²) in [6, 6.07) is 4.76. The molecule has 0 aliphatic heterocycles. The summed E-state index contributed by atoms with van der Waals surface area (Å²) in [7, 11) is 0. The van der Waals surface area contributed by atoms with Crippen molar-refractivity contribution in [3.8, 4) is 5.75 Å². The average molecular weight is 295 g/mol. The van der Waals surface area contributed by atoms with E-state index in [-0.39, 0.29) is 19.1 Å². The van der Waals surface area contributed by atoms with Crippen LogP contribution in [-0.2, 0) is 4.79 Å². The highest BCUT2D eigenvalue weighted by molar-refractivity contribution is 6.42. The molecule has 1 amide bonds. The lowest BCUT2D eigenvalue weighted by molar-refractivity contribution is -0.122. The van der Waals surface area contributed by atoms with Crippen molar-refractivity contribution in [3.63, 3.8) is 0 Å². The van der Waals surface area contributed by atoms with Gasteiger partial charge in [-0.2, -0.15) is 0 Å². The van der Waals surface area contributed by atoms with Crippen LogP contribution in [0, 0.1) is 0 Å². The van der Waals surface area contributed by atoms with Gasteiger partial charge in [-0.3, -0.25) is 4.79 Å². The zero-order valence-electron chi connectivity index (χ0n) is 8.80. The summed E-state index contributed by atoms with van der Waals surface area (Å²) in [5.41, 5.74) is 0. The van der Waals surface area contributed by atoms with Crippen molar-refractivity contribution >= 4 is 40.7 Å². The predicted octanol–water partition coefficient (Wildman–Crippen LogP) is 3.24. The molecule has 1 rings (SSSR count). The Balaban J connectivity index is 2.42. The maximum absolute atomic E-state index is 11.3. The summed E-state index contributed by atoms with van der Waals surface area (Å²) >= 11 is 17.0. The molecular weight excluding hydrogens is 284 g/mol. The second kappa shape index (κ2) is 6.74. The summed E-state index contributed by atoms with van der Waals surface area (Å²) in [6.45, 7) is 3.53. The number of ether oxygens (including phenoxy) is 1. The molecule has 0 saturated carbocycles. The molecule has 1 aromatic carbocycles. The van der Waals surface area contributed by atoms with Gasteiger partial charge in [0.2, 0.25) is 0 Å². The maximum atomic E-state index is 11.3. The van der Waals surface area contributed by atoms with Gasteiger partial charge in [-0.1, -0.05) is 41.4 Å². The Morgan fingerprint density at radius 2 is 2.06 bits per heavy atom. The van der Waals surface area contributed by atoms with Crippen LogP contribution in [0.5, 0.6) is 5.75 Å². The fourth-order valence-corrected chi connectivity index (χ4v) is 1.32. The smallest absolute Gasteiger partial charge is 0.258 e. The van der Waals surface area contributed by atoms with Crippen molar-refractivity contribution in [1.82, 2.24) is 5.32 Å². The first-order valence-electron chi connectivity index (χ1n) is 4.67. The lowest BCUT2D eigenvalue weighted by Crippen LogP contribution is -2.29. The lowest BCUT2D eigenvalue weighted by Gasteiger charge is -2.07. The highest BCUT2D eigenvalue weighted by atomic mass is 35.5. The van der Waals surface area contributed by atoms with Crippen molar-refractivity contribution in [2.24, 2.45) is 0 Å². The van der Waals surface area contributed by atoms with E-state index in [0.29, 0.717) is 20.8 Å². The summed E-state index contributed by atoms with van der Waals surface area (Å²) in [5, 5.41) is 3.68. The van der Waals surface area contributed by atoms with Crippen LogP contribution >= 0.6 is 34.8 Å². The van der Waals surface area contributed by atoms with Gasteiger partial charge in [-0.15, -0.1) is 0 Å². The Kier molecular flexibility index (Phi) is 5.62. The first-order chi connectivity index (χ1) is 7.99. The molecule has 0 radical (unpaired) electrons. The molecular formula is C11H10Cl3NO2. The molecule has 0 aromatic heterocycles. The minimum Gasteiger partial charge on any atom is -0.484 e. The van der Waals surface area contributed by atoms with Crippen LogP contribution in [0.25, 0.3) is 0 Å². The van der Waals surface area contributed by atoms with Gasteiger partial charge in [-0.25, -0.2) is 0 Å². The molecule has 0 heterocycles. The van der Waals surface area contributed by atoms with E-state index in [1.807, 2.05) is 0 Å². The monoisotopic (exact) mass is 293 g/mol. The molecule has 0 spiro atoms. The molecule has 3 nitrogen and oxygen atoms in total. The van der Waals surface area contributed by atoms with Gasteiger partial charge in [0.15, 0.2) is 6.61 Å². The topological polar surface area (TPSA) is 38.3 Å². The Labute approximate surface area is 114 Å². The number of carbonyl (C=O) groups excluding carboxylic acids is 1. The van der Waals surface area contributed by atoms with Crippen molar-refractivity contribution in [1.29, 1.82) is 0 Å². The largest absolute Gasteiger partial charge is 0.484 e. The fraction of sp³-hybridized carbons (Fsp3) is 0.182. The van der Waals surface area contributed by atoms with Crippen molar-refractivity contribution < 1.29 is 9.53 Å². The third-order valence-electron chi connectivity index (χ3n) is 1.74. The minimum absolute atomic E-state index is 0.123. The fourth-order valence-electron chi connectivity index (χ4n) is 0.961. The quantitative estimate of drug-likeness (QED) is 0.905. The minimum atomic E-state index is -0.294. The Bertz CT molecular complexity index is 435. The second-order valence-corrected chi connectivity index (χ2v) is 4.51. The van der Waals surface area contributed by atoms with Crippen LogP contribution in [0.1, 0.15) is 0 Å². The van der Waals surface area contributed by atoms with E-state index in [2.05, 4.69) is 11.9 Å². The standard InChI is InChI=1S/C11H10Cl3NO2/c1-7(12)5-15-11(16)6-17-8-2-3-9(13)10(14)4-8/h2-4H,1,5-6H2,(H,15,16). The van der Waals surface area contributed by atoms with Crippen LogP contribution in [0.2, 0.25) is 10.0 Å². The zero-order valence-corrected chi connectivity index (χ0v) is 11.1. The van der Waals surface area contributed by atoms with Crippen LogP contribution in [0.4, 0.5) is 0 Å². The number of hydrogen-bond donors (Lipinski definition) is 1.